The van der Waals surface area contributed by atoms with Crippen molar-refractivity contribution in [2.45, 2.75) is 6.42 Å². The summed E-state index contributed by atoms with van der Waals surface area (Å²) in [5.41, 5.74) is 0.746. The Kier molecular flexibility index (Phi) is 5.34. The van der Waals surface area contributed by atoms with Gasteiger partial charge in [0.1, 0.15) is 5.75 Å². The first-order chi connectivity index (χ1) is 8.19. The van der Waals surface area contributed by atoms with E-state index in [1.807, 2.05) is 0 Å². The summed E-state index contributed by atoms with van der Waals surface area (Å²) in [6, 6.07) is 1.67. The number of ether oxygens (including phenoxy) is 3. The number of methoxy groups -OCH3 is 3. The normalized spacial score (nSPS) is 10.2. The van der Waals surface area contributed by atoms with E-state index < -0.39 is 0 Å². The van der Waals surface area contributed by atoms with Gasteiger partial charge in [0.2, 0.25) is 0 Å². The molecule has 6 heteroatoms. The van der Waals surface area contributed by atoms with Gasteiger partial charge in [-0.05, 0) is 0 Å². The minimum Gasteiger partial charge on any atom is -0.495 e. The molecule has 0 aliphatic heterocycles. The highest BCUT2D eigenvalue weighted by Gasteiger charge is 2.18. The van der Waals surface area contributed by atoms with E-state index in [0.29, 0.717) is 35.3 Å². The Labute approximate surface area is 105 Å². The highest BCUT2D eigenvalue weighted by molar-refractivity contribution is 6.33. The van der Waals surface area contributed by atoms with E-state index in [0.717, 1.165) is 5.56 Å². The summed E-state index contributed by atoms with van der Waals surface area (Å²) in [7, 11) is 4.64. The van der Waals surface area contributed by atoms with Gasteiger partial charge in [-0.25, -0.2) is 5.90 Å². The van der Waals surface area contributed by atoms with Gasteiger partial charge >= 0.3 is 0 Å². The SMILES string of the molecule is COc1cc(OC)c(OC)c(CCON)c1Cl. The van der Waals surface area contributed by atoms with Gasteiger partial charge in [0.15, 0.2) is 11.5 Å². The molecule has 0 radical (unpaired) electrons. The van der Waals surface area contributed by atoms with Crippen molar-refractivity contribution in [3.63, 3.8) is 0 Å². The van der Waals surface area contributed by atoms with Crippen LogP contribution >= 0.6 is 11.6 Å². The zero-order valence-electron chi connectivity index (χ0n) is 10.1. The van der Waals surface area contributed by atoms with Crippen LogP contribution in [0.25, 0.3) is 0 Å². The maximum atomic E-state index is 6.20. The van der Waals surface area contributed by atoms with E-state index in [1.165, 1.54) is 7.11 Å². The molecule has 0 amide bonds. The minimum atomic E-state index is 0.326. The van der Waals surface area contributed by atoms with Crippen molar-refractivity contribution in [2.24, 2.45) is 5.90 Å². The Morgan fingerprint density at radius 1 is 1.12 bits per heavy atom. The maximum absolute atomic E-state index is 6.20. The second kappa shape index (κ2) is 6.54. The van der Waals surface area contributed by atoms with Crippen molar-refractivity contribution >= 4 is 11.6 Å². The molecule has 0 unspecified atom stereocenters. The molecule has 0 heterocycles. The van der Waals surface area contributed by atoms with Crippen LogP contribution in [0, 0.1) is 0 Å². The third kappa shape index (κ3) is 2.94. The molecule has 1 aromatic rings. The first kappa shape index (κ1) is 13.9. The van der Waals surface area contributed by atoms with Gasteiger partial charge in [-0.3, -0.25) is 0 Å². The lowest BCUT2D eigenvalue weighted by atomic mass is 10.1. The quantitative estimate of drug-likeness (QED) is 0.791. The summed E-state index contributed by atoms with van der Waals surface area (Å²) in [6.45, 7) is 0.326. The van der Waals surface area contributed by atoms with Crippen LogP contribution < -0.4 is 20.1 Å². The lowest BCUT2D eigenvalue weighted by molar-refractivity contribution is 0.140. The standard InChI is InChI=1S/C11H16ClNO4/c1-14-8-6-9(15-2)11(16-3)7(10(8)12)4-5-17-13/h6H,4-5,13H2,1-3H3. The largest absolute Gasteiger partial charge is 0.495 e. The zero-order valence-corrected chi connectivity index (χ0v) is 10.8. The third-order valence-electron chi connectivity index (χ3n) is 2.36. The number of hydrogen-bond acceptors (Lipinski definition) is 5. The van der Waals surface area contributed by atoms with Crippen molar-refractivity contribution in [2.75, 3.05) is 27.9 Å². The molecule has 1 rings (SSSR count). The predicted molar refractivity (Wildman–Crippen MR) is 65.0 cm³/mol. The molecule has 0 aliphatic carbocycles. The summed E-state index contributed by atoms with van der Waals surface area (Å²) in [5, 5.41) is 0.474. The maximum Gasteiger partial charge on any atom is 0.165 e. The van der Waals surface area contributed by atoms with Gasteiger partial charge in [-0.2, -0.15) is 0 Å². The van der Waals surface area contributed by atoms with Gasteiger partial charge < -0.3 is 19.0 Å². The van der Waals surface area contributed by atoms with Gasteiger partial charge in [0.25, 0.3) is 0 Å². The number of halogens is 1. The summed E-state index contributed by atoms with van der Waals surface area (Å²) < 4.78 is 15.7. The van der Waals surface area contributed by atoms with Crippen LogP contribution in [-0.4, -0.2) is 27.9 Å². The molecule has 0 saturated carbocycles. The monoisotopic (exact) mass is 261 g/mol. The third-order valence-corrected chi connectivity index (χ3v) is 2.77. The van der Waals surface area contributed by atoms with Crippen LogP contribution in [0.15, 0.2) is 6.07 Å². The highest BCUT2D eigenvalue weighted by atomic mass is 35.5. The van der Waals surface area contributed by atoms with Crippen LogP contribution in [-0.2, 0) is 11.3 Å². The Morgan fingerprint density at radius 3 is 2.24 bits per heavy atom. The van der Waals surface area contributed by atoms with Crippen LogP contribution in [0.3, 0.4) is 0 Å². The summed E-state index contributed by atoms with van der Waals surface area (Å²) >= 11 is 6.20. The minimum absolute atomic E-state index is 0.326. The molecule has 17 heavy (non-hydrogen) atoms. The fourth-order valence-electron chi connectivity index (χ4n) is 1.55. The van der Waals surface area contributed by atoms with Crippen molar-refractivity contribution in [1.29, 1.82) is 0 Å². The molecule has 0 atom stereocenters. The fourth-order valence-corrected chi connectivity index (χ4v) is 1.87. The van der Waals surface area contributed by atoms with Crippen molar-refractivity contribution in [3.8, 4) is 17.2 Å². The molecular formula is C11H16ClNO4. The fraction of sp³-hybridized carbons (Fsp3) is 0.455. The molecule has 0 spiro atoms. The van der Waals surface area contributed by atoms with Crippen LogP contribution in [0.1, 0.15) is 5.56 Å². The summed E-state index contributed by atoms with van der Waals surface area (Å²) in [4.78, 5) is 4.55. The van der Waals surface area contributed by atoms with E-state index >= 15 is 0 Å². The van der Waals surface area contributed by atoms with E-state index in [2.05, 4.69) is 4.84 Å². The van der Waals surface area contributed by atoms with Gasteiger partial charge in [0.05, 0.1) is 33.0 Å². The molecule has 5 nitrogen and oxygen atoms in total. The van der Waals surface area contributed by atoms with Gasteiger partial charge in [-0.1, -0.05) is 11.6 Å². The van der Waals surface area contributed by atoms with Gasteiger partial charge in [-0.15, -0.1) is 0 Å². The predicted octanol–water partition coefficient (Wildman–Crippen LogP) is 1.80. The number of nitrogens with two attached hydrogens (primary N) is 1. The molecule has 0 bridgehead atoms. The van der Waals surface area contributed by atoms with Crippen LogP contribution in [0.5, 0.6) is 17.2 Å². The molecule has 1 aromatic carbocycles. The van der Waals surface area contributed by atoms with E-state index in [4.69, 9.17) is 31.7 Å². The molecule has 0 aromatic heterocycles. The summed E-state index contributed by atoms with van der Waals surface area (Å²) in [6.07, 6.45) is 0.506. The first-order valence-corrected chi connectivity index (χ1v) is 5.36. The van der Waals surface area contributed by atoms with E-state index in [1.54, 1.807) is 20.3 Å². The average molecular weight is 262 g/mol. The molecular weight excluding hydrogens is 246 g/mol. The first-order valence-electron chi connectivity index (χ1n) is 4.98. The van der Waals surface area contributed by atoms with Crippen molar-refractivity contribution in [3.05, 3.63) is 16.7 Å². The zero-order chi connectivity index (χ0) is 12.8. The molecule has 2 N–H and O–H groups in total. The molecule has 0 saturated heterocycles. The second-order valence-electron chi connectivity index (χ2n) is 3.23. The number of benzene rings is 1. The summed E-state index contributed by atoms with van der Waals surface area (Å²) in [5.74, 6) is 6.66. The topological polar surface area (TPSA) is 62.9 Å². The average Bonchev–Trinajstić information content (AvgIpc) is 2.36. The van der Waals surface area contributed by atoms with Crippen molar-refractivity contribution in [1.82, 2.24) is 0 Å². The van der Waals surface area contributed by atoms with Crippen molar-refractivity contribution < 1.29 is 19.0 Å². The Bertz CT molecular complexity index is 384. The lowest BCUT2D eigenvalue weighted by Crippen LogP contribution is -2.06. The van der Waals surface area contributed by atoms with Crippen LogP contribution in [0.4, 0.5) is 0 Å². The number of hydrogen-bond donors (Lipinski definition) is 1. The molecule has 0 aliphatic rings. The Hall–Kier alpha value is -1.17. The molecule has 96 valence electrons. The van der Waals surface area contributed by atoms with E-state index in [-0.39, 0.29) is 0 Å². The molecule has 0 fully saturated rings. The Balaban J connectivity index is 3.28. The second-order valence-corrected chi connectivity index (χ2v) is 3.61. The smallest absolute Gasteiger partial charge is 0.165 e. The van der Waals surface area contributed by atoms with Gasteiger partial charge in [0, 0.05) is 18.1 Å². The lowest BCUT2D eigenvalue weighted by Gasteiger charge is -2.16. The highest BCUT2D eigenvalue weighted by Crippen LogP contribution is 2.42. The van der Waals surface area contributed by atoms with Crippen LogP contribution in [0.2, 0.25) is 5.02 Å². The Morgan fingerprint density at radius 2 is 1.76 bits per heavy atom. The number of rotatable bonds is 6. The van der Waals surface area contributed by atoms with E-state index in [9.17, 15) is 0 Å².